The minimum absolute atomic E-state index is 0.270. The number of hydrogen-bond acceptors (Lipinski definition) is 6. The molecule has 1 N–H and O–H groups in total. The van der Waals surface area contributed by atoms with Gasteiger partial charge >= 0.3 is 0 Å². The van der Waals surface area contributed by atoms with Crippen molar-refractivity contribution in [3.05, 3.63) is 108 Å². The Bertz CT molecular complexity index is 988. The van der Waals surface area contributed by atoms with E-state index in [4.69, 9.17) is 25.1 Å². The van der Waals surface area contributed by atoms with Crippen molar-refractivity contribution in [3.8, 4) is 0 Å². The summed E-state index contributed by atoms with van der Waals surface area (Å²) in [6.07, 6.45) is -3.91. The van der Waals surface area contributed by atoms with Gasteiger partial charge in [0.1, 0.15) is 24.4 Å². The summed E-state index contributed by atoms with van der Waals surface area (Å²) in [7, 11) is 1.51. The van der Waals surface area contributed by atoms with E-state index in [0.717, 1.165) is 16.7 Å². The van der Waals surface area contributed by atoms with Gasteiger partial charge in [0.2, 0.25) is 0 Å². The third-order valence-electron chi connectivity index (χ3n) is 5.77. The molecule has 34 heavy (non-hydrogen) atoms. The van der Waals surface area contributed by atoms with Crippen molar-refractivity contribution in [1.29, 1.82) is 0 Å². The normalized spacial score (nSPS) is 26.1. The molecule has 1 fully saturated rings. The molecule has 0 saturated carbocycles. The van der Waals surface area contributed by atoms with Crippen molar-refractivity contribution in [1.82, 2.24) is 0 Å². The molecular weight excluding hydrogens is 432 g/mol. The molecule has 0 radical (unpaired) electrons. The Labute approximate surface area is 202 Å². The third-order valence-corrected chi connectivity index (χ3v) is 5.77. The predicted molar refractivity (Wildman–Crippen MR) is 128 cm³/mol. The lowest BCUT2D eigenvalue weighted by Gasteiger charge is -2.45. The summed E-state index contributed by atoms with van der Waals surface area (Å²) in [4.78, 5) is 0. The van der Waals surface area contributed by atoms with E-state index in [1.165, 1.54) is 7.11 Å². The van der Waals surface area contributed by atoms with Crippen LogP contribution >= 0.6 is 0 Å². The lowest BCUT2D eigenvalue weighted by atomic mass is 9.98. The molecule has 0 bridgehead atoms. The molecule has 1 aliphatic heterocycles. The van der Waals surface area contributed by atoms with Gasteiger partial charge in [0.25, 0.3) is 0 Å². The van der Waals surface area contributed by atoms with E-state index in [9.17, 15) is 5.11 Å². The highest BCUT2D eigenvalue weighted by Gasteiger charge is 2.48. The summed E-state index contributed by atoms with van der Waals surface area (Å²) < 4.78 is 38.5. The van der Waals surface area contributed by atoms with Gasteiger partial charge in [-0.15, -0.1) is 0 Å². The molecule has 180 valence electrons. The first-order valence-corrected chi connectivity index (χ1v) is 11.4. The van der Waals surface area contributed by atoms with E-state index in [2.05, 4.69) is 0 Å². The van der Waals surface area contributed by atoms with Crippen LogP contribution in [0.1, 0.15) is 18.1 Å². The van der Waals surface area contributed by atoms with Gasteiger partial charge in [0.15, 0.2) is 6.29 Å². The van der Waals surface area contributed by atoms with Gasteiger partial charge < -0.3 is 28.8 Å². The second kappa shape index (κ2) is 12.8. The lowest BCUT2D eigenvalue weighted by Crippen LogP contribution is -2.61. The van der Waals surface area contributed by atoms with Gasteiger partial charge in [-0.2, -0.15) is 0 Å². The Morgan fingerprint density at radius 3 is 1.50 bits per heavy atom. The van der Waals surface area contributed by atoms with Crippen molar-refractivity contribution in [3.63, 3.8) is 0 Å². The van der Waals surface area contributed by atoms with Crippen LogP contribution in [0.15, 0.2) is 91.0 Å². The van der Waals surface area contributed by atoms with E-state index >= 15 is 0 Å². The summed E-state index contributed by atoms with van der Waals surface area (Å²) in [6.45, 7) is -0.656. The van der Waals surface area contributed by atoms with Crippen LogP contribution < -0.4 is 0 Å². The van der Waals surface area contributed by atoms with Gasteiger partial charge in [-0.25, -0.2) is 0 Å². The van der Waals surface area contributed by atoms with Crippen LogP contribution in [0.3, 0.4) is 0 Å². The fourth-order valence-corrected chi connectivity index (χ4v) is 4.00. The molecule has 6 atom stereocenters. The summed E-state index contributed by atoms with van der Waals surface area (Å²) in [6, 6.07) is 29.3. The zero-order chi connectivity index (χ0) is 24.5. The molecule has 0 aliphatic carbocycles. The number of benzene rings is 3. The van der Waals surface area contributed by atoms with E-state index in [0.29, 0.717) is 13.2 Å². The van der Waals surface area contributed by atoms with Crippen LogP contribution in [0, 0.1) is 0 Å². The maximum atomic E-state index is 10.3. The Kier molecular flexibility index (Phi) is 8.70. The van der Waals surface area contributed by atoms with Gasteiger partial charge in [-0.1, -0.05) is 91.0 Å². The minimum atomic E-state index is -1.55. The third kappa shape index (κ3) is 6.51. The molecule has 0 aromatic heterocycles. The SMILES string of the molecule is [2H]C(O)[C@H]1OC(OC)[C@H](OCc2ccccc2)[C@@H](OCc2ccccc2)[C@@H]1OCc1ccccc1. The van der Waals surface area contributed by atoms with Crippen LogP contribution in [-0.4, -0.2) is 49.5 Å². The quantitative estimate of drug-likeness (QED) is 0.460. The van der Waals surface area contributed by atoms with Crippen LogP contribution in [0.2, 0.25) is 0 Å². The van der Waals surface area contributed by atoms with E-state index < -0.39 is 37.3 Å². The first-order valence-electron chi connectivity index (χ1n) is 12.0. The molecule has 1 saturated heterocycles. The zero-order valence-corrected chi connectivity index (χ0v) is 19.2. The first kappa shape index (κ1) is 23.2. The molecule has 3 aromatic carbocycles. The monoisotopic (exact) mass is 465 g/mol. The van der Waals surface area contributed by atoms with Crippen molar-refractivity contribution < 1.29 is 30.2 Å². The van der Waals surface area contributed by atoms with Crippen molar-refractivity contribution in [2.24, 2.45) is 0 Å². The Morgan fingerprint density at radius 1 is 0.676 bits per heavy atom. The summed E-state index contributed by atoms with van der Waals surface area (Å²) in [5.74, 6) is 0. The number of aliphatic hydroxyl groups is 1. The predicted octanol–water partition coefficient (Wildman–Crippen LogP) is 4.11. The second-order valence-electron chi connectivity index (χ2n) is 8.14. The highest BCUT2D eigenvalue weighted by Crippen LogP contribution is 2.30. The first-order chi connectivity index (χ1) is 17.2. The maximum absolute atomic E-state index is 10.3. The average Bonchev–Trinajstić information content (AvgIpc) is 2.91. The summed E-state index contributed by atoms with van der Waals surface area (Å²) in [5.41, 5.74) is 2.94. The van der Waals surface area contributed by atoms with Crippen LogP contribution in [-0.2, 0) is 43.5 Å². The number of ether oxygens (including phenoxy) is 5. The van der Waals surface area contributed by atoms with Crippen molar-refractivity contribution in [2.45, 2.75) is 50.5 Å². The van der Waals surface area contributed by atoms with Gasteiger partial charge in [-0.3, -0.25) is 0 Å². The van der Waals surface area contributed by atoms with E-state index in [-0.39, 0.29) is 6.61 Å². The Balaban J connectivity index is 1.59. The topological polar surface area (TPSA) is 66.4 Å². The average molecular weight is 466 g/mol. The summed E-state index contributed by atoms with van der Waals surface area (Å²) >= 11 is 0. The largest absolute Gasteiger partial charge is 0.394 e. The molecule has 6 heteroatoms. The van der Waals surface area contributed by atoms with Crippen molar-refractivity contribution in [2.75, 3.05) is 13.7 Å². The standard InChI is InChI=1S/C28H32O6/c1-30-28-27(33-20-23-15-9-4-10-16-23)26(32-19-22-13-7-3-8-14-22)25(24(17-29)34-28)31-18-21-11-5-2-6-12-21/h2-16,24-29H,17-20H2,1H3/t24-,25-,26+,27-,28?/m1/s1/i17D/t17?,24-,25-,26+,27-,28?. The molecule has 2 unspecified atom stereocenters. The van der Waals surface area contributed by atoms with Crippen LogP contribution in [0.25, 0.3) is 0 Å². The maximum Gasteiger partial charge on any atom is 0.186 e. The number of hydrogen-bond donors (Lipinski definition) is 1. The number of aliphatic hydroxyl groups excluding tert-OH is 1. The minimum Gasteiger partial charge on any atom is -0.394 e. The van der Waals surface area contributed by atoms with E-state index in [1.807, 2.05) is 91.0 Å². The number of rotatable bonds is 11. The molecule has 3 aromatic rings. The lowest BCUT2D eigenvalue weighted by molar-refractivity contribution is -0.321. The molecule has 0 spiro atoms. The second-order valence-corrected chi connectivity index (χ2v) is 8.14. The molecular formula is C28H32O6. The smallest absolute Gasteiger partial charge is 0.186 e. The molecule has 0 amide bonds. The molecule has 4 rings (SSSR count). The fraction of sp³-hybridized carbons (Fsp3) is 0.357. The highest BCUT2D eigenvalue weighted by atomic mass is 16.7. The highest BCUT2D eigenvalue weighted by molar-refractivity contribution is 5.15. The van der Waals surface area contributed by atoms with Crippen LogP contribution in [0.4, 0.5) is 0 Å². The molecule has 1 aliphatic rings. The van der Waals surface area contributed by atoms with Gasteiger partial charge in [0, 0.05) is 7.11 Å². The van der Waals surface area contributed by atoms with Gasteiger partial charge in [0.05, 0.1) is 27.8 Å². The van der Waals surface area contributed by atoms with Crippen LogP contribution in [0.5, 0.6) is 0 Å². The molecule has 6 nitrogen and oxygen atoms in total. The summed E-state index contributed by atoms with van der Waals surface area (Å²) in [5, 5.41) is 10.3. The van der Waals surface area contributed by atoms with Crippen molar-refractivity contribution >= 4 is 0 Å². The van der Waals surface area contributed by atoms with E-state index in [1.54, 1.807) is 0 Å². The molecule has 1 heterocycles. The zero-order valence-electron chi connectivity index (χ0n) is 20.2. The number of methoxy groups -OCH3 is 1. The Hall–Kier alpha value is -2.58. The van der Waals surface area contributed by atoms with Gasteiger partial charge in [-0.05, 0) is 16.7 Å². The fourth-order valence-electron chi connectivity index (χ4n) is 4.00. The Morgan fingerprint density at radius 2 is 1.09 bits per heavy atom.